The second kappa shape index (κ2) is 5.16. The lowest BCUT2D eigenvalue weighted by Crippen LogP contribution is -2.35. The average molecular weight is 282 g/mol. The van der Waals surface area contributed by atoms with E-state index in [4.69, 9.17) is 4.42 Å². The van der Waals surface area contributed by atoms with Crippen molar-refractivity contribution >= 4 is 23.7 Å². The summed E-state index contributed by atoms with van der Waals surface area (Å²) < 4.78 is 5.12. The summed E-state index contributed by atoms with van der Waals surface area (Å²) in [7, 11) is 0. The molecule has 0 atom stereocenters. The second-order valence-corrected chi connectivity index (χ2v) is 4.46. The first kappa shape index (κ1) is 13.0. The van der Waals surface area contributed by atoms with Gasteiger partial charge in [0.25, 0.3) is 5.91 Å². The van der Waals surface area contributed by atoms with Gasteiger partial charge in [-0.15, -0.1) is 0 Å². The zero-order valence-electron chi connectivity index (χ0n) is 10.8. The molecule has 0 saturated carbocycles. The predicted molar refractivity (Wildman–Crippen MR) is 71.6 cm³/mol. The molecule has 6 heteroatoms. The molecule has 1 aromatic heterocycles. The Hall–Kier alpha value is -3.02. The maximum absolute atomic E-state index is 12.0. The Bertz CT molecular complexity index is 850. The highest BCUT2D eigenvalue weighted by Gasteiger charge is 2.14. The van der Waals surface area contributed by atoms with E-state index in [0.29, 0.717) is 21.9 Å². The van der Waals surface area contributed by atoms with Gasteiger partial charge in [-0.3, -0.25) is 14.4 Å². The number of carbonyl (C=O) groups is 3. The summed E-state index contributed by atoms with van der Waals surface area (Å²) in [5.41, 5.74) is 0.383. The molecule has 104 valence electrons. The number of hydrogen-bond acceptors (Lipinski definition) is 4. The minimum Gasteiger partial charge on any atom is -0.467 e. The van der Waals surface area contributed by atoms with Gasteiger partial charge in [0.2, 0.25) is 5.78 Å². The third kappa shape index (κ3) is 2.64. The molecule has 3 rings (SSSR count). The number of carbonyl (C=O) groups excluding carboxylic acids is 3. The van der Waals surface area contributed by atoms with Gasteiger partial charge >= 0.3 is 5.91 Å². The van der Waals surface area contributed by atoms with E-state index in [1.165, 1.54) is 24.5 Å². The van der Waals surface area contributed by atoms with Crippen LogP contribution in [-0.4, -0.2) is 17.6 Å². The molecule has 0 unspecified atom stereocenters. The Labute approximate surface area is 118 Å². The molecule has 0 fully saturated rings. The van der Waals surface area contributed by atoms with Gasteiger partial charge in [0.05, 0.1) is 18.2 Å². The number of furan rings is 1. The molecule has 2 amide bonds. The van der Waals surface area contributed by atoms with Crippen LogP contribution in [0.1, 0.15) is 16.1 Å². The van der Waals surface area contributed by atoms with Crippen molar-refractivity contribution in [1.29, 1.82) is 0 Å². The van der Waals surface area contributed by atoms with E-state index >= 15 is 0 Å². The van der Waals surface area contributed by atoms with Gasteiger partial charge < -0.3 is 9.73 Å². The molecular weight excluding hydrogens is 272 g/mol. The van der Waals surface area contributed by atoms with Crippen molar-refractivity contribution in [2.24, 2.45) is 4.99 Å². The highest BCUT2D eigenvalue weighted by Crippen LogP contribution is 2.00. The monoisotopic (exact) mass is 282 g/mol. The van der Waals surface area contributed by atoms with Crippen molar-refractivity contribution < 1.29 is 18.8 Å². The van der Waals surface area contributed by atoms with Crippen LogP contribution in [0.15, 0.2) is 46.0 Å². The minimum atomic E-state index is -0.794. The highest BCUT2D eigenvalue weighted by atomic mass is 16.3. The van der Waals surface area contributed by atoms with Crippen LogP contribution in [0.4, 0.5) is 0 Å². The number of hydrogen-bond donors (Lipinski definition) is 1. The lowest BCUT2D eigenvalue weighted by molar-refractivity contribution is -0.132. The van der Waals surface area contributed by atoms with Gasteiger partial charge in [-0.2, -0.15) is 0 Å². The summed E-state index contributed by atoms with van der Waals surface area (Å²) in [6.07, 6.45) is 2.72. The summed E-state index contributed by atoms with van der Waals surface area (Å²) in [6.45, 7) is 0.272. The fraction of sp³-hybridized carbons (Fsp3) is 0.0667. The lowest BCUT2D eigenvalue weighted by Gasteiger charge is -2.04. The smallest absolute Gasteiger partial charge is 0.317 e. The van der Waals surface area contributed by atoms with E-state index in [9.17, 15) is 14.4 Å². The van der Waals surface area contributed by atoms with Gasteiger partial charge in [-0.25, -0.2) is 4.99 Å². The van der Waals surface area contributed by atoms with Crippen molar-refractivity contribution in [2.75, 3.05) is 0 Å². The Morgan fingerprint density at radius 3 is 2.86 bits per heavy atom. The van der Waals surface area contributed by atoms with E-state index in [-0.39, 0.29) is 12.5 Å². The standard InChI is InChI=1S/C15H10N2O4/c18-13-7-10-6-9(3-4-12(10)17-15(13)20)14(19)16-8-11-2-1-5-21-11/h1-7H,8H2,(H,16,19). The third-order valence-electron chi connectivity index (χ3n) is 3.01. The molecule has 1 aliphatic rings. The molecule has 1 N–H and O–H groups in total. The number of fused-ring (bicyclic) bond motifs is 1. The Morgan fingerprint density at radius 1 is 1.24 bits per heavy atom. The van der Waals surface area contributed by atoms with Gasteiger partial charge in [0.15, 0.2) is 0 Å². The first-order chi connectivity index (χ1) is 10.1. The molecule has 2 aromatic rings. The molecule has 0 bridgehead atoms. The van der Waals surface area contributed by atoms with Crippen LogP contribution in [0.3, 0.4) is 0 Å². The summed E-state index contributed by atoms with van der Waals surface area (Å²) in [5, 5.41) is 3.55. The second-order valence-electron chi connectivity index (χ2n) is 4.46. The maximum Gasteiger partial charge on any atom is 0.317 e. The summed E-state index contributed by atoms with van der Waals surface area (Å²) in [4.78, 5) is 38.1. The average Bonchev–Trinajstić information content (AvgIpc) is 2.99. The van der Waals surface area contributed by atoms with Gasteiger partial charge in [0.1, 0.15) is 5.76 Å². The molecule has 1 aromatic carbocycles. The third-order valence-corrected chi connectivity index (χ3v) is 3.01. The van der Waals surface area contributed by atoms with Crippen molar-refractivity contribution in [2.45, 2.75) is 6.54 Å². The number of nitrogens with zero attached hydrogens (tertiary/aromatic N) is 1. The largest absolute Gasteiger partial charge is 0.467 e. The highest BCUT2D eigenvalue weighted by molar-refractivity contribution is 6.48. The van der Waals surface area contributed by atoms with Gasteiger partial charge in [0, 0.05) is 16.9 Å². The fourth-order valence-corrected chi connectivity index (χ4v) is 1.96. The molecular formula is C15H10N2O4. The zero-order chi connectivity index (χ0) is 14.8. The summed E-state index contributed by atoms with van der Waals surface area (Å²) in [6, 6.07) is 8.11. The predicted octanol–water partition coefficient (Wildman–Crippen LogP) is -0.281. The Balaban J connectivity index is 1.84. The van der Waals surface area contributed by atoms with Crippen molar-refractivity contribution in [3.8, 4) is 0 Å². The Morgan fingerprint density at radius 2 is 2.10 bits per heavy atom. The van der Waals surface area contributed by atoms with Crippen molar-refractivity contribution in [3.05, 3.63) is 58.5 Å². The summed E-state index contributed by atoms with van der Waals surface area (Å²) >= 11 is 0. The van der Waals surface area contributed by atoms with Crippen LogP contribution in [0, 0.1) is 0 Å². The molecule has 0 spiro atoms. The van der Waals surface area contributed by atoms with E-state index in [2.05, 4.69) is 10.3 Å². The van der Waals surface area contributed by atoms with Gasteiger partial charge in [-0.05, 0) is 30.3 Å². The maximum atomic E-state index is 12.0. The minimum absolute atomic E-state index is 0.272. The number of Topliss-reactive ketones (excluding diaryl/α,β-unsaturated/α-hetero) is 1. The van der Waals surface area contributed by atoms with Crippen LogP contribution < -0.4 is 15.9 Å². The van der Waals surface area contributed by atoms with Crippen molar-refractivity contribution in [1.82, 2.24) is 5.32 Å². The first-order valence-corrected chi connectivity index (χ1v) is 6.23. The van der Waals surface area contributed by atoms with Crippen LogP contribution >= 0.6 is 0 Å². The Kier molecular flexibility index (Phi) is 3.19. The lowest BCUT2D eigenvalue weighted by atomic mass is 10.1. The molecule has 6 nitrogen and oxygen atoms in total. The topological polar surface area (TPSA) is 88.7 Å². The number of amides is 2. The molecule has 0 aliphatic carbocycles. The molecule has 0 radical (unpaired) electrons. The molecule has 2 heterocycles. The van der Waals surface area contributed by atoms with Crippen LogP contribution in [0.2, 0.25) is 0 Å². The summed E-state index contributed by atoms with van der Waals surface area (Å²) in [5.74, 6) is -1.14. The van der Waals surface area contributed by atoms with E-state index in [0.717, 1.165) is 0 Å². The number of rotatable bonds is 3. The quantitative estimate of drug-likeness (QED) is 0.784. The zero-order valence-corrected chi connectivity index (χ0v) is 10.8. The van der Waals surface area contributed by atoms with E-state index in [1.807, 2.05) is 0 Å². The molecule has 1 aliphatic heterocycles. The SMILES string of the molecule is O=C1C=c2cc(C(=O)NCc3ccco3)ccc2=NC1=O. The van der Waals surface area contributed by atoms with Crippen LogP contribution in [-0.2, 0) is 16.1 Å². The van der Waals surface area contributed by atoms with Crippen molar-refractivity contribution in [3.63, 3.8) is 0 Å². The first-order valence-electron chi connectivity index (χ1n) is 6.23. The number of nitrogens with one attached hydrogen (secondary N) is 1. The normalized spacial score (nSPS) is 13.1. The van der Waals surface area contributed by atoms with E-state index < -0.39 is 11.7 Å². The number of benzene rings is 1. The molecule has 21 heavy (non-hydrogen) atoms. The molecule has 0 saturated heterocycles. The van der Waals surface area contributed by atoms with Crippen LogP contribution in [0.5, 0.6) is 0 Å². The van der Waals surface area contributed by atoms with Crippen LogP contribution in [0.25, 0.3) is 6.08 Å². The van der Waals surface area contributed by atoms with Gasteiger partial charge in [-0.1, -0.05) is 0 Å². The number of ketones is 1. The van der Waals surface area contributed by atoms with E-state index in [1.54, 1.807) is 18.2 Å². The fourth-order valence-electron chi connectivity index (χ4n) is 1.96.